The van der Waals surface area contributed by atoms with Crippen molar-refractivity contribution < 1.29 is 19.1 Å². The molecule has 1 aliphatic heterocycles. The van der Waals surface area contributed by atoms with Crippen LogP contribution in [0, 0.1) is 0 Å². The van der Waals surface area contributed by atoms with Gasteiger partial charge in [0, 0.05) is 6.54 Å². The number of ether oxygens (including phenoxy) is 2. The Kier molecular flexibility index (Phi) is 4.34. The van der Waals surface area contributed by atoms with Gasteiger partial charge < -0.3 is 14.4 Å². The van der Waals surface area contributed by atoms with E-state index in [1.165, 1.54) is 12.0 Å². The van der Waals surface area contributed by atoms with E-state index in [2.05, 4.69) is 9.72 Å². The summed E-state index contributed by atoms with van der Waals surface area (Å²) >= 11 is 5.76. The molecule has 1 aliphatic rings. The number of nitrogens with zero attached hydrogens (tertiary/aromatic N) is 2. The second-order valence-corrected chi connectivity index (χ2v) is 4.35. The van der Waals surface area contributed by atoms with Gasteiger partial charge in [0.15, 0.2) is 6.04 Å². The summed E-state index contributed by atoms with van der Waals surface area (Å²) < 4.78 is 9.87. The lowest BCUT2D eigenvalue weighted by atomic mass is 10.2. The van der Waals surface area contributed by atoms with Crippen molar-refractivity contribution >= 4 is 23.5 Å². The number of hydrogen-bond acceptors (Lipinski definition) is 5. The summed E-state index contributed by atoms with van der Waals surface area (Å²) in [6.07, 6.45) is 0. The molecule has 6 nitrogen and oxygen atoms in total. The smallest absolute Gasteiger partial charge is 0.331 e. The van der Waals surface area contributed by atoms with Gasteiger partial charge in [0.05, 0.1) is 20.3 Å². The molecule has 1 amide bonds. The lowest BCUT2D eigenvalue weighted by Crippen LogP contribution is -2.53. The molecule has 0 N–H and O–H groups in total. The zero-order chi connectivity index (χ0) is 13.8. The Morgan fingerprint density at radius 1 is 1.53 bits per heavy atom. The van der Waals surface area contributed by atoms with E-state index in [4.69, 9.17) is 16.3 Å². The molecular formula is C12H13ClN2O4. The van der Waals surface area contributed by atoms with Crippen molar-refractivity contribution in [3.05, 3.63) is 29.0 Å². The molecule has 0 saturated carbocycles. The van der Waals surface area contributed by atoms with Crippen LogP contribution in [0.4, 0.5) is 0 Å². The van der Waals surface area contributed by atoms with E-state index < -0.39 is 12.0 Å². The molecule has 0 radical (unpaired) electrons. The molecule has 1 unspecified atom stereocenters. The molecule has 2 heterocycles. The average Bonchev–Trinajstić information content (AvgIpc) is 2.45. The molecule has 0 bridgehead atoms. The van der Waals surface area contributed by atoms with Gasteiger partial charge in [0.2, 0.25) is 0 Å². The van der Waals surface area contributed by atoms with E-state index in [9.17, 15) is 9.59 Å². The number of rotatable bonds is 2. The highest BCUT2D eigenvalue weighted by Gasteiger charge is 2.34. The molecule has 1 aromatic heterocycles. The quantitative estimate of drug-likeness (QED) is 0.592. The first-order valence-corrected chi connectivity index (χ1v) is 6.10. The zero-order valence-corrected chi connectivity index (χ0v) is 11.1. The summed E-state index contributed by atoms with van der Waals surface area (Å²) in [6.45, 7) is 0.811. The fraction of sp³-hybridized carbons (Fsp3) is 0.417. The number of halogens is 1. The van der Waals surface area contributed by atoms with Crippen LogP contribution >= 0.6 is 11.6 Å². The molecule has 0 spiro atoms. The van der Waals surface area contributed by atoms with Gasteiger partial charge in [-0.2, -0.15) is 0 Å². The highest BCUT2D eigenvalue weighted by atomic mass is 35.5. The topological polar surface area (TPSA) is 68.7 Å². The van der Waals surface area contributed by atoms with E-state index in [0.717, 1.165) is 0 Å². The number of morpholine rings is 1. The van der Waals surface area contributed by atoms with Crippen LogP contribution in [0.5, 0.6) is 0 Å². The van der Waals surface area contributed by atoms with Gasteiger partial charge in [0.25, 0.3) is 5.91 Å². The van der Waals surface area contributed by atoms with Crippen LogP contribution < -0.4 is 0 Å². The van der Waals surface area contributed by atoms with Crippen LogP contribution in [0.1, 0.15) is 10.5 Å². The molecule has 102 valence electrons. The summed E-state index contributed by atoms with van der Waals surface area (Å²) in [5.41, 5.74) is 0.198. The highest BCUT2D eigenvalue weighted by Crippen LogP contribution is 2.14. The third kappa shape index (κ3) is 3.02. The molecule has 0 aromatic carbocycles. The fourth-order valence-corrected chi connectivity index (χ4v) is 2.02. The van der Waals surface area contributed by atoms with Gasteiger partial charge in [-0.1, -0.05) is 17.7 Å². The minimum Gasteiger partial charge on any atom is -0.467 e. The maximum absolute atomic E-state index is 12.3. The third-order valence-corrected chi connectivity index (χ3v) is 3.01. The van der Waals surface area contributed by atoms with Crippen LogP contribution in [-0.4, -0.2) is 54.7 Å². The van der Waals surface area contributed by atoms with Crippen molar-refractivity contribution in [1.82, 2.24) is 9.88 Å². The van der Waals surface area contributed by atoms with Crippen LogP contribution in [0.15, 0.2) is 18.2 Å². The lowest BCUT2D eigenvalue weighted by Gasteiger charge is -2.33. The zero-order valence-electron chi connectivity index (χ0n) is 10.3. The summed E-state index contributed by atoms with van der Waals surface area (Å²) in [5.74, 6) is -0.865. The Bertz CT molecular complexity index is 494. The van der Waals surface area contributed by atoms with Crippen LogP contribution in [0.3, 0.4) is 0 Å². The van der Waals surface area contributed by atoms with Gasteiger partial charge in [-0.15, -0.1) is 0 Å². The number of carbonyl (C=O) groups excluding carboxylic acids is 2. The lowest BCUT2D eigenvalue weighted by molar-refractivity contribution is -0.151. The molecule has 1 fully saturated rings. The van der Waals surface area contributed by atoms with Crippen LogP contribution in [-0.2, 0) is 14.3 Å². The maximum atomic E-state index is 12.3. The SMILES string of the molecule is COC(=O)C1COCCN1C(=O)c1cccc(Cl)n1. The molecule has 1 aromatic rings. The number of pyridine rings is 1. The van der Waals surface area contributed by atoms with Crippen molar-refractivity contribution in [2.24, 2.45) is 0 Å². The van der Waals surface area contributed by atoms with Crippen molar-refractivity contribution in [2.75, 3.05) is 26.9 Å². The number of esters is 1. The van der Waals surface area contributed by atoms with Crippen molar-refractivity contribution in [2.45, 2.75) is 6.04 Å². The monoisotopic (exact) mass is 284 g/mol. The molecule has 7 heteroatoms. The summed E-state index contributed by atoms with van der Waals surface area (Å²) in [7, 11) is 1.28. The Balaban J connectivity index is 2.22. The van der Waals surface area contributed by atoms with Crippen LogP contribution in [0.25, 0.3) is 0 Å². The number of amides is 1. The first kappa shape index (κ1) is 13.8. The fourth-order valence-electron chi connectivity index (χ4n) is 1.85. The normalized spacial score (nSPS) is 19.1. The Morgan fingerprint density at radius 3 is 3.00 bits per heavy atom. The molecule has 1 atom stereocenters. The van der Waals surface area contributed by atoms with E-state index in [-0.39, 0.29) is 23.4 Å². The highest BCUT2D eigenvalue weighted by molar-refractivity contribution is 6.29. The molecule has 19 heavy (non-hydrogen) atoms. The summed E-state index contributed by atoms with van der Waals surface area (Å²) in [5, 5.41) is 0.230. The van der Waals surface area contributed by atoms with E-state index in [0.29, 0.717) is 13.2 Å². The van der Waals surface area contributed by atoms with E-state index >= 15 is 0 Å². The minimum absolute atomic E-state index is 0.124. The van der Waals surface area contributed by atoms with E-state index in [1.54, 1.807) is 18.2 Å². The standard InChI is InChI=1S/C12H13ClN2O4/c1-18-12(17)9-7-19-6-5-15(9)11(16)8-3-2-4-10(13)14-8/h2-4,9H,5-7H2,1H3. The Morgan fingerprint density at radius 2 is 2.32 bits per heavy atom. The van der Waals surface area contributed by atoms with Gasteiger partial charge in [-0.25, -0.2) is 9.78 Å². The Labute approximate surface area is 115 Å². The average molecular weight is 285 g/mol. The van der Waals surface area contributed by atoms with Crippen LogP contribution in [0.2, 0.25) is 5.15 Å². The number of carbonyl (C=O) groups is 2. The van der Waals surface area contributed by atoms with Gasteiger partial charge in [-0.05, 0) is 12.1 Å². The van der Waals surface area contributed by atoms with Crippen molar-refractivity contribution in [3.8, 4) is 0 Å². The first-order valence-electron chi connectivity index (χ1n) is 5.72. The van der Waals surface area contributed by atoms with Crippen molar-refractivity contribution in [1.29, 1.82) is 0 Å². The molecule has 1 saturated heterocycles. The minimum atomic E-state index is -0.743. The van der Waals surface area contributed by atoms with Gasteiger partial charge in [0.1, 0.15) is 10.8 Å². The largest absolute Gasteiger partial charge is 0.467 e. The second-order valence-electron chi connectivity index (χ2n) is 3.96. The predicted octanol–water partition coefficient (Wildman–Crippen LogP) is 0.749. The molecular weight excluding hydrogens is 272 g/mol. The number of hydrogen-bond donors (Lipinski definition) is 0. The maximum Gasteiger partial charge on any atom is 0.331 e. The summed E-state index contributed by atoms with van der Waals surface area (Å²) in [4.78, 5) is 29.3. The van der Waals surface area contributed by atoms with Gasteiger partial charge >= 0.3 is 5.97 Å². The predicted molar refractivity (Wildman–Crippen MR) is 66.9 cm³/mol. The van der Waals surface area contributed by atoms with E-state index in [1.807, 2.05) is 0 Å². The Hall–Kier alpha value is -1.66. The second kappa shape index (κ2) is 5.99. The third-order valence-electron chi connectivity index (χ3n) is 2.80. The molecule has 0 aliphatic carbocycles. The molecule has 2 rings (SSSR count). The number of aromatic nitrogens is 1. The first-order chi connectivity index (χ1) is 9.13. The number of methoxy groups -OCH3 is 1. The summed E-state index contributed by atoms with van der Waals surface area (Å²) in [6, 6.07) is 4.02. The van der Waals surface area contributed by atoms with Gasteiger partial charge in [-0.3, -0.25) is 4.79 Å². The van der Waals surface area contributed by atoms with Crippen molar-refractivity contribution in [3.63, 3.8) is 0 Å².